The van der Waals surface area contributed by atoms with E-state index in [4.69, 9.17) is 4.74 Å². The Bertz CT molecular complexity index is 264. The van der Waals surface area contributed by atoms with Crippen LogP contribution in [-0.4, -0.2) is 11.7 Å². The Morgan fingerprint density at radius 3 is 2.57 bits per heavy atom. The molecule has 1 fully saturated rings. The topological polar surface area (TPSA) is 9.23 Å². The molecule has 0 N–H and O–H groups in total. The van der Waals surface area contributed by atoms with Crippen LogP contribution in [-0.2, 0) is 4.74 Å². The van der Waals surface area contributed by atoms with Gasteiger partial charge in [0.05, 0.1) is 11.7 Å². The molecule has 2 atom stereocenters. The molecule has 0 amide bonds. The van der Waals surface area contributed by atoms with Crippen LogP contribution >= 0.6 is 0 Å². The van der Waals surface area contributed by atoms with Gasteiger partial charge in [-0.15, -0.1) is 0 Å². The minimum atomic E-state index is 0.0602. The highest BCUT2D eigenvalue weighted by Crippen LogP contribution is 2.53. The predicted octanol–water partition coefficient (Wildman–Crippen LogP) is 3.69. The largest absolute Gasteiger partial charge is 0.367 e. The van der Waals surface area contributed by atoms with Crippen molar-refractivity contribution in [3.8, 4) is 0 Å². The van der Waals surface area contributed by atoms with E-state index in [2.05, 4.69) is 33.8 Å². The first-order valence-electron chi connectivity index (χ1n) is 5.83. The summed E-state index contributed by atoms with van der Waals surface area (Å²) in [6.07, 6.45) is 7.73. The summed E-state index contributed by atoms with van der Waals surface area (Å²) in [5.41, 5.74) is 1.85. The van der Waals surface area contributed by atoms with Crippen molar-refractivity contribution in [1.29, 1.82) is 0 Å². The van der Waals surface area contributed by atoms with Crippen molar-refractivity contribution in [2.24, 2.45) is 5.41 Å². The lowest BCUT2D eigenvalue weighted by Crippen LogP contribution is -2.47. The molecule has 1 aliphatic heterocycles. The van der Waals surface area contributed by atoms with E-state index in [1.165, 1.54) is 31.3 Å². The summed E-state index contributed by atoms with van der Waals surface area (Å²) in [4.78, 5) is 0. The normalized spacial score (nSPS) is 41.4. The second-order valence-corrected chi connectivity index (χ2v) is 5.60. The molecule has 0 bridgehead atoms. The van der Waals surface area contributed by atoms with Crippen molar-refractivity contribution in [3.05, 3.63) is 11.6 Å². The van der Waals surface area contributed by atoms with Crippen molar-refractivity contribution in [3.63, 3.8) is 0 Å². The minimum absolute atomic E-state index is 0.0602. The fourth-order valence-electron chi connectivity index (χ4n) is 3.21. The van der Waals surface area contributed by atoms with E-state index in [-0.39, 0.29) is 5.60 Å². The number of ether oxygens (including phenoxy) is 1. The zero-order valence-electron chi connectivity index (χ0n) is 9.89. The Morgan fingerprint density at radius 1 is 1.36 bits per heavy atom. The summed E-state index contributed by atoms with van der Waals surface area (Å²) in [6.45, 7) is 9.18. The second-order valence-electron chi connectivity index (χ2n) is 5.60. The average molecular weight is 194 g/mol. The van der Waals surface area contributed by atoms with Gasteiger partial charge in [-0.25, -0.2) is 0 Å². The molecule has 0 radical (unpaired) electrons. The first-order chi connectivity index (χ1) is 6.48. The molecule has 0 aromatic carbocycles. The zero-order valence-corrected chi connectivity index (χ0v) is 9.89. The third-order valence-electron chi connectivity index (χ3n) is 4.26. The molecule has 0 unspecified atom stereocenters. The van der Waals surface area contributed by atoms with E-state index < -0.39 is 0 Å². The molecule has 0 aromatic heterocycles. The third-order valence-corrected chi connectivity index (χ3v) is 4.26. The van der Waals surface area contributed by atoms with Gasteiger partial charge >= 0.3 is 0 Å². The lowest BCUT2D eigenvalue weighted by atomic mass is 9.64. The number of rotatable bonds is 0. The highest BCUT2D eigenvalue weighted by molar-refractivity contribution is 5.25. The van der Waals surface area contributed by atoms with Gasteiger partial charge in [0.25, 0.3) is 0 Å². The number of allylic oxidation sites excluding steroid dienone is 1. The molecule has 80 valence electrons. The van der Waals surface area contributed by atoms with E-state index in [1.54, 1.807) is 0 Å². The van der Waals surface area contributed by atoms with E-state index in [1.807, 2.05) is 0 Å². The quantitative estimate of drug-likeness (QED) is 0.534. The molecule has 2 aliphatic rings. The first kappa shape index (κ1) is 10.2. The van der Waals surface area contributed by atoms with Gasteiger partial charge in [-0.05, 0) is 50.5 Å². The second kappa shape index (κ2) is 3.10. The van der Waals surface area contributed by atoms with Crippen molar-refractivity contribution < 1.29 is 4.74 Å². The summed E-state index contributed by atoms with van der Waals surface area (Å²) in [5.74, 6) is 0. The van der Waals surface area contributed by atoms with Gasteiger partial charge in [0.15, 0.2) is 0 Å². The Kier molecular flexibility index (Phi) is 2.26. The SMILES string of the molecule is CC1=CCCC(C)(C)[C@@]12CC[C@@H](C)O2. The fraction of sp³-hybridized carbons (Fsp3) is 0.846. The molecule has 1 aliphatic carbocycles. The van der Waals surface area contributed by atoms with Gasteiger partial charge in [-0.2, -0.15) is 0 Å². The van der Waals surface area contributed by atoms with Crippen LogP contribution < -0.4 is 0 Å². The third kappa shape index (κ3) is 1.25. The first-order valence-corrected chi connectivity index (χ1v) is 5.83. The van der Waals surface area contributed by atoms with Crippen LogP contribution in [0, 0.1) is 5.41 Å². The van der Waals surface area contributed by atoms with Gasteiger partial charge < -0.3 is 4.74 Å². The van der Waals surface area contributed by atoms with Crippen LogP contribution in [0.5, 0.6) is 0 Å². The smallest absolute Gasteiger partial charge is 0.0944 e. The minimum Gasteiger partial charge on any atom is -0.367 e. The Morgan fingerprint density at radius 2 is 2.07 bits per heavy atom. The molecule has 1 saturated heterocycles. The van der Waals surface area contributed by atoms with Crippen LogP contribution in [0.2, 0.25) is 0 Å². The molecule has 1 nitrogen and oxygen atoms in total. The lowest BCUT2D eigenvalue weighted by Gasteiger charge is -2.47. The maximum atomic E-state index is 6.25. The molecule has 1 spiro atoms. The summed E-state index contributed by atoms with van der Waals surface area (Å²) in [7, 11) is 0. The summed E-state index contributed by atoms with van der Waals surface area (Å²) >= 11 is 0. The van der Waals surface area contributed by atoms with Crippen LogP contribution in [0.15, 0.2) is 11.6 Å². The Hall–Kier alpha value is -0.300. The molecule has 0 saturated carbocycles. The standard InChI is InChI=1S/C13H22O/c1-10-6-5-8-12(3,4)13(10)9-7-11(2)14-13/h6,11H,5,7-9H2,1-4H3/t11-,13-/m1/s1. The summed E-state index contributed by atoms with van der Waals surface area (Å²) in [6, 6.07) is 0. The van der Waals surface area contributed by atoms with Crippen molar-refractivity contribution in [2.45, 2.75) is 65.1 Å². The van der Waals surface area contributed by atoms with Gasteiger partial charge in [-0.1, -0.05) is 19.9 Å². The summed E-state index contributed by atoms with van der Waals surface area (Å²) < 4.78 is 6.25. The average Bonchev–Trinajstić information content (AvgIpc) is 2.46. The maximum absolute atomic E-state index is 6.25. The van der Waals surface area contributed by atoms with Crippen molar-refractivity contribution in [1.82, 2.24) is 0 Å². The molecular weight excluding hydrogens is 172 g/mol. The lowest BCUT2D eigenvalue weighted by molar-refractivity contribution is -0.0912. The van der Waals surface area contributed by atoms with Gasteiger partial charge in [0.1, 0.15) is 0 Å². The van der Waals surface area contributed by atoms with Crippen LogP contribution in [0.3, 0.4) is 0 Å². The molecular formula is C13H22O. The zero-order chi connectivity index (χ0) is 10.4. The Labute approximate surface area is 87.5 Å². The highest BCUT2D eigenvalue weighted by atomic mass is 16.5. The molecule has 0 aromatic rings. The molecule has 2 rings (SSSR count). The van der Waals surface area contributed by atoms with Crippen molar-refractivity contribution >= 4 is 0 Å². The maximum Gasteiger partial charge on any atom is 0.0944 e. The van der Waals surface area contributed by atoms with Crippen LogP contribution in [0.25, 0.3) is 0 Å². The Balaban J connectivity index is 2.37. The van der Waals surface area contributed by atoms with E-state index >= 15 is 0 Å². The van der Waals surface area contributed by atoms with Gasteiger partial charge in [-0.3, -0.25) is 0 Å². The highest BCUT2D eigenvalue weighted by Gasteiger charge is 2.52. The summed E-state index contributed by atoms with van der Waals surface area (Å²) in [5, 5.41) is 0. The van der Waals surface area contributed by atoms with Crippen LogP contribution in [0.1, 0.15) is 53.4 Å². The van der Waals surface area contributed by atoms with Gasteiger partial charge in [0.2, 0.25) is 0 Å². The van der Waals surface area contributed by atoms with E-state index in [0.717, 1.165) is 0 Å². The van der Waals surface area contributed by atoms with E-state index in [9.17, 15) is 0 Å². The molecule has 1 heteroatoms. The molecule has 14 heavy (non-hydrogen) atoms. The van der Waals surface area contributed by atoms with Gasteiger partial charge in [0, 0.05) is 0 Å². The number of hydrogen-bond acceptors (Lipinski definition) is 1. The fourth-order valence-corrected chi connectivity index (χ4v) is 3.21. The predicted molar refractivity (Wildman–Crippen MR) is 59.3 cm³/mol. The van der Waals surface area contributed by atoms with Crippen LogP contribution in [0.4, 0.5) is 0 Å². The molecule has 1 heterocycles. The number of hydrogen-bond donors (Lipinski definition) is 0. The van der Waals surface area contributed by atoms with E-state index in [0.29, 0.717) is 11.5 Å². The van der Waals surface area contributed by atoms with Crippen molar-refractivity contribution in [2.75, 3.05) is 0 Å². The monoisotopic (exact) mass is 194 g/mol.